The molecule has 0 atom stereocenters. The van der Waals surface area contributed by atoms with Gasteiger partial charge in [-0.25, -0.2) is 0 Å². The summed E-state index contributed by atoms with van der Waals surface area (Å²) < 4.78 is 0. The molecule has 0 bridgehead atoms. The van der Waals surface area contributed by atoms with E-state index in [0.29, 0.717) is 16.5 Å². The molecule has 0 heterocycles. The number of hydrogen-bond donors (Lipinski definition) is 0. The van der Waals surface area contributed by atoms with Crippen LogP contribution in [0.3, 0.4) is 0 Å². The zero-order valence-corrected chi connectivity index (χ0v) is 9.84. The molecule has 0 N–H and O–H groups in total. The molecule has 0 aromatic heterocycles. The van der Waals surface area contributed by atoms with Gasteiger partial charge in [0.15, 0.2) is 0 Å². The summed E-state index contributed by atoms with van der Waals surface area (Å²) in [6.07, 6.45) is 0. The topological polar surface area (TPSA) is 86.3 Å². The lowest BCUT2D eigenvalue weighted by atomic mass is 10.0. The second-order valence-electron chi connectivity index (χ2n) is 4.18. The third kappa shape index (κ3) is 1.88. The highest BCUT2D eigenvalue weighted by Gasteiger charge is 2.23. The molecule has 0 aliphatic rings. The predicted molar refractivity (Wildman–Crippen MR) is 66.7 cm³/mol. The van der Waals surface area contributed by atoms with Crippen molar-refractivity contribution in [3.8, 4) is 0 Å². The van der Waals surface area contributed by atoms with Gasteiger partial charge in [-0.3, -0.25) is 20.2 Å². The molecule has 2 aromatic carbocycles. The van der Waals surface area contributed by atoms with Gasteiger partial charge in [-0.1, -0.05) is 12.1 Å². The molecule has 6 heteroatoms. The Labute approximate surface area is 102 Å². The van der Waals surface area contributed by atoms with Crippen molar-refractivity contribution in [1.82, 2.24) is 0 Å². The number of fused-ring (bicyclic) bond motifs is 1. The van der Waals surface area contributed by atoms with Crippen molar-refractivity contribution in [2.45, 2.75) is 13.8 Å². The highest BCUT2D eigenvalue weighted by atomic mass is 16.6. The molecule has 2 rings (SSSR count). The molecule has 0 aliphatic heterocycles. The van der Waals surface area contributed by atoms with Crippen LogP contribution in [0.5, 0.6) is 0 Å². The second-order valence-corrected chi connectivity index (χ2v) is 4.18. The minimum Gasteiger partial charge on any atom is -0.258 e. The van der Waals surface area contributed by atoms with Crippen LogP contribution >= 0.6 is 0 Å². The quantitative estimate of drug-likeness (QED) is 0.601. The Morgan fingerprint density at radius 1 is 0.833 bits per heavy atom. The normalized spacial score (nSPS) is 10.6. The lowest BCUT2D eigenvalue weighted by Gasteiger charge is -2.04. The maximum atomic E-state index is 11.0. The Bertz CT molecular complexity index is 625. The van der Waals surface area contributed by atoms with E-state index in [-0.39, 0.29) is 16.8 Å². The summed E-state index contributed by atoms with van der Waals surface area (Å²) >= 11 is 0. The van der Waals surface area contributed by atoms with E-state index in [2.05, 4.69) is 0 Å². The molecule has 0 radical (unpaired) electrons. The van der Waals surface area contributed by atoms with Crippen molar-refractivity contribution < 1.29 is 9.85 Å². The van der Waals surface area contributed by atoms with E-state index in [1.165, 1.54) is 12.1 Å². The van der Waals surface area contributed by atoms with Gasteiger partial charge in [-0.2, -0.15) is 0 Å². The number of aryl methyl sites for hydroxylation is 2. The van der Waals surface area contributed by atoms with Gasteiger partial charge >= 0.3 is 0 Å². The van der Waals surface area contributed by atoms with E-state index in [9.17, 15) is 20.2 Å². The minimum atomic E-state index is -0.586. The minimum absolute atomic E-state index is 0.0844. The van der Waals surface area contributed by atoms with Crippen LogP contribution in [-0.4, -0.2) is 9.85 Å². The maximum absolute atomic E-state index is 11.0. The first-order chi connectivity index (χ1) is 8.40. The van der Waals surface area contributed by atoms with Gasteiger partial charge in [0.25, 0.3) is 11.4 Å². The number of benzene rings is 2. The van der Waals surface area contributed by atoms with Crippen LogP contribution in [0.25, 0.3) is 10.8 Å². The monoisotopic (exact) mass is 246 g/mol. The van der Waals surface area contributed by atoms with Crippen LogP contribution in [0.2, 0.25) is 0 Å². The van der Waals surface area contributed by atoms with E-state index in [1.54, 1.807) is 26.0 Å². The molecule has 0 saturated heterocycles. The summed E-state index contributed by atoms with van der Waals surface area (Å²) in [6, 6.07) is 6.12. The van der Waals surface area contributed by atoms with Gasteiger partial charge < -0.3 is 0 Å². The first-order valence-corrected chi connectivity index (χ1v) is 5.24. The number of rotatable bonds is 2. The third-order valence-electron chi connectivity index (χ3n) is 2.69. The number of nitro benzene ring substituents is 2. The smallest absolute Gasteiger partial charge is 0.258 e. The molecular formula is C12H10N2O4. The summed E-state index contributed by atoms with van der Waals surface area (Å²) in [7, 11) is 0. The third-order valence-corrected chi connectivity index (χ3v) is 2.69. The van der Waals surface area contributed by atoms with Crippen LogP contribution in [0.15, 0.2) is 24.3 Å². The van der Waals surface area contributed by atoms with E-state index in [1.807, 2.05) is 0 Å². The SMILES string of the molecule is Cc1cc([N+](=O)[O-])c2c([N+](=O)[O-])cc(C)cc2c1. The van der Waals surface area contributed by atoms with Crippen molar-refractivity contribution in [3.63, 3.8) is 0 Å². The molecule has 0 spiro atoms. The molecule has 0 fully saturated rings. The van der Waals surface area contributed by atoms with Gasteiger partial charge in [-0.05, 0) is 30.4 Å². The van der Waals surface area contributed by atoms with Crippen molar-refractivity contribution in [2.24, 2.45) is 0 Å². The Morgan fingerprint density at radius 2 is 1.22 bits per heavy atom. The average Bonchev–Trinajstić information content (AvgIpc) is 2.25. The van der Waals surface area contributed by atoms with Crippen LogP contribution in [0.1, 0.15) is 11.1 Å². The molecule has 92 valence electrons. The fraction of sp³-hybridized carbons (Fsp3) is 0.167. The Balaban J connectivity index is 3.00. The Kier molecular flexibility index (Phi) is 2.70. The fourth-order valence-electron chi connectivity index (χ4n) is 2.05. The second kappa shape index (κ2) is 4.06. The largest absolute Gasteiger partial charge is 0.284 e. The van der Waals surface area contributed by atoms with Gasteiger partial charge in [0.05, 0.1) is 9.85 Å². The standard InChI is InChI=1S/C12H10N2O4/c1-7-3-9-4-8(2)6-11(14(17)18)12(9)10(5-7)13(15)16/h3-6H,1-2H3. The summed E-state index contributed by atoms with van der Waals surface area (Å²) in [5, 5.41) is 22.6. The Hall–Kier alpha value is -2.50. The maximum Gasteiger partial charge on any atom is 0.284 e. The summed E-state index contributed by atoms with van der Waals surface area (Å²) in [5.74, 6) is 0. The number of nitrogens with zero attached hydrogens (tertiary/aromatic N) is 2. The average molecular weight is 246 g/mol. The summed E-state index contributed by atoms with van der Waals surface area (Å²) in [4.78, 5) is 20.8. The van der Waals surface area contributed by atoms with Gasteiger partial charge in [0.2, 0.25) is 0 Å². The summed E-state index contributed by atoms with van der Waals surface area (Å²) in [6.45, 7) is 3.45. The van der Waals surface area contributed by atoms with E-state index in [0.717, 1.165) is 0 Å². The van der Waals surface area contributed by atoms with Gasteiger partial charge in [0, 0.05) is 12.1 Å². The van der Waals surface area contributed by atoms with Gasteiger partial charge in [-0.15, -0.1) is 0 Å². The van der Waals surface area contributed by atoms with Crippen LogP contribution in [-0.2, 0) is 0 Å². The van der Waals surface area contributed by atoms with E-state index < -0.39 is 9.85 Å². The number of non-ortho nitro benzene ring substituents is 2. The van der Waals surface area contributed by atoms with E-state index >= 15 is 0 Å². The molecule has 0 aliphatic carbocycles. The number of nitro groups is 2. The first-order valence-electron chi connectivity index (χ1n) is 5.24. The van der Waals surface area contributed by atoms with Crippen LogP contribution in [0, 0.1) is 34.1 Å². The fourth-order valence-corrected chi connectivity index (χ4v) is 2.05. The molecule has 18 heavy (non-hydrogen) atoms. The van der Waals surface area contributed by atoms with Crippen molar-refractivity contribution in [3.05, 3.63) is 55.6 Å². The highest BCUT2D eigenvalue weighted by Crippen LogP contribution is 2.35. The lowest BCUT2D eigenvalue weighted by molar-refractivity contribution is -0.390. The summed E-state index contributed by atoms with van der Waals surface area (Å²) in [5.41, 5.74) is 0.955. The Morgan fingerprint density at radius 3 is 1.56 bits per heavy atom. The van der Waals surface area contributed by atoms with Crippen molar-refractivity contribution in [1.29, 1.82) is 0 Å². The molecule has 2 aromatic rings. The molecular weight excluding hydrogens is 236 g/mol. The number of hydrogen-bond acceptors (Lipinski definition) is 4. The highest BCUT2D eigenvalue weighted by molar-refractivity contribution is 5.99. The predicted octanol–water partition coefficient (Wildman–Crippen LogP) is 3.27. The molecule has 0 amide bonds. The van der Waals surface area contributed by atoms with E-state index in [4.69, 9.17) is 0 Å². The lowest BCUT2D eigenvalue weighted by Crippen LogP contribution is -1.96. The van der Waals surface area contributed by atoms with Crippen molar-refractivity contribution in [2.75, 3.05) is 0 Å². The molecule has 6 nitrogen and oxygen atoms in total. The molecule has 0 saturated carbocycles. The molecule has 0 unspecified atom stereocenters. The van der Waals surface area contributed by atoms with Crippen molar-refractivity contribution >= 4 is 22.1 Å². The van der Waals surface area contributed by atoms with Gasteiger partial charge in [0.1, 0.15) is 5.39 Å². The van der Waals surface area contributed by atoms with Crippen LogP contribution in [0.4, 0.5) is 11.4 Å². The first kappa shape index (κ1) is 12.0. The van der Waals surface area contributed by atoms with Crippen LogP contribution < -0.4 is 0 Å². The zero-order chi connectivity index (χ0) is 13.4. The zero-order valence-electron chi connectivity index (χ0n) is 9.84.